The Morgan fingerprint density at radius 2 is 2.20 bits per heavy atom. The van der Waals surface area contributed by atoms with Crippen LogP contribution in [-0.4, -0.2) is 16.3 Å². The van der Waals surface area contributed by atoms with Gasteiger partial charge in [0.1, 0.15) is 5.82 Å². The SMILES string of the molecule is CCCNC(Cc1ccn(C)n1)c1ccc(Br)c(F)c1. The van der Waals surface area contributed by atoms with Crippen molar-refractivity contribution in [3.05, 3.63) is 52.0 Å². The van der Waals surface area contributed by atoms with E-state index in [2.05, 4.69) is 33.3 Å². The first kappa shape index (κ1) is 15.2. The minimum atomic E-state index is -0.230. The summed E-state index contributed by atoms with van der Waals surface area (Å²) in [6, 6.07) is 7.36. The van der Waals surface area contributed by atoms with Crippen LogP contribution in [-0.2, 0) is 13.5 Å². The van der Waals surface area contributed by atoms with Gasteiger partial charge in [-0.15, -0.1) is 0 Å². The van der Waals surface area contributed by atoms with Crippen molar-refractivity contribution in [2.45, 2.75) is 25.8 Å². The van der Waals surface area contributed by atoms with E-state index in [1.54, 1.807) is 16.8 Å². The van der Waals surface area contributed by atoms with Gasteiger partial charge in [0.15, 0.2) is 0 Å². The van der Waals surface area contributed by atoms with Gasteiger partial charge in [-0.1, -0.05) is 13.0 Å². The lowest BCUT2D eigenvalue weighted by Crippen LogP contribution is -2.24. The molecular formula is C15H19BrFN3. The highest BCUT2D eigenvalue weighted by molar-refractivity contribution is 9.10. The van der Waals surface area contributed by atoms with Crippen molar-refractivity contribution in [3.8, 4) is 0 Å². The predicted octanol–water partition coefficient (Wildman–Crippen LogP) is 3.61. The Kier molecular flexibility index (Phi) is 5.31. The zero-order valence-electron chi connectivity index (χ0n) is 11.7. The zero-order chi connectivity index (χ0) is 14.5. The Labute approximate surface area is 127 Å². The van der Waals surface area contributed by atoms with E-state index in [1.165, 1.54) is 0 Å². The van der Waals surface area contributed by atoms with Gasteiger partial charge < -0.3 is 5.32 Å². The largest absolute Gasteiger partial charge is 0.310 e. The molecule has 20 heavy (non-hydrogen) atoms. The topological polar surface area (TPSA) is 29.9 Å². The van der Waals surface area contributed by atoms with Crippen LogP contribution in [0.4, 0.5) is 4.39 Å². The Morgan fingerprint density at radius 3 is 2.80 bits per heavy atom. The number of aryl methyl sites for hydroxylation is 1. The molecule has 0 bridgehead atoms. The Bertz CT molecular complexity index is 568. The second-order valence-electron chi connectivity index (χ2n) is 4.87. The fourth-order valence-electron chi connectivity index (χ4n) is 2.14. The van der Waals surface area contributed by atoms with Crippen molar-refractivity contribution < 1.29 is 4.39 Å². The van der Waals surface area contributed by atoms with E-state index in [4.69, 9.17) is 0 Å². The maximum absolute atomic E-state index is 13.7. The minimum Gasteiger partial charge on any atom is -0.310 e. The summed E-state index contributed by atoms with van der Waals surface area (Å²) in [5, 5.41) is 7.86. The van der Waals surface area contributed by atoms with E-state index >= 15 is 0 Å². The van der Waals surface area contributed by atoms with Crippen LogP contribution in [0.2, 0.25) is 0 Å². The van der Waals surface area contributed by atoms with Crippen molar-refractivity contribution in [2.75, 3.05) is 6.54 Å². The maximum Gasteiger partial charge on any atom is 0.137 e. The lowest BCUT2D eigenvalue weighted by Gasteiger charge is -2.18. The monoisotopic (exact) mass is 339 g/mol. The van der Waals surface area contributed by atoms with Crippen molar-refractivity contribution in [3.63, 3.8) is 0 Å². The predicted molar refractivity (Wildman–Crippen MR) is 82.0 cm³/mol. The summed E-state index contributed by atoms with van der Waals surface area (Å²) in [6.07, 6.45) is 3.72. The smallest absolute Gasteiger partial charge is 0.137 e. The van der Waals surface area contributed by atoms with E-state index < -0.39 is 0 Å². The molecule has 3 nitrogen and oxygen atoms in total. The van der Waals surface area contributed by atoms with Crippen LogP contribution in [0, 0.1) is 5.82 Å². The lowest BCUT2D eigenvalue weighted by molar-refractivity contribution is 0.516. The first-order valence-electron chi connectivity index (χ1n) is 6.77. The molecule has 108 valence electrons. The molecule has 0 aliphatic rings. The summed E-state index contributed by atoms with van der Waals surface area (Å²) in [4.78, 5) is 0. The van der Waals surface area contributed by atoms with Crippen LogP contribution in [0.3, 0.4) is 0 Å². The number of hydrogen-bond acceptors (Lipinski definition) is 2. The Hall–Kier alpha value is -1.20. The molecule has 0 aliphatic heterocycles. The highest BCUT2D eigenvalue weighted by atomic mass is 79.9. The maximum atomic E-state index is 13.7. The lowest BCUT2D eigenvalue weighted by atomic mass is 10.0. The van der Waals surface area contributed by atoms with Gasteiger partial charge in [-0.2, -0.15) is 5.10 Å². The summed E-state index contributed by atoms with van der Waals surface area (Å²) < 4.78 is 16.0. The molecule has 0 saturated heterocycles. The van der Waals surface area contributed by atoms with Crippen LogP contribution in [0.25, 0.3) is 0 Å². The van der Waals surface area contributed by atoms with Crippen molar-refractivity contribution in [1.82, 2.24) is 15.1 Å². The van der Waals surface area contributed by atoms with Gasteiger partial charge in [-0.25, -0.2) is 4.39 Å². The molecule has 0 fully saturated rings. The summed E-state index contributed by atoms with van der Waals surface area (Å²) in [5.74, 6) is -0.230. The van der Waals surface area contributed by atoms with Crippen LogP contribution in [0.1, 0.15) is 30.6 Å². The molecule has 2 rings (SSSR count). The molecule has 1 aromatic heterocycles. The molecule has 0 aliphatic carbocycles. The highest BCUT2D eigenvalue weighted by Gasteiger charge is 2.14. The molecule has 0 spiro atoms. The van der Waals surface area contributed by atoms with Gasteiger partial charge in [0.25, 0.3) is 0 Å². The third-order valence-corrected chi connectivity index (χ3v) is 3.81. The standard InChI is InChI=1S/C15H19BrFN3/c1-3-7-18-15(10-12-6-8-20(2)19-12)11-4-5-13(16)14(17)9-11/h4-6,8-9,15,18H,3,7,10H2,1-2H3. The van der Waals surface area contributed by atoms with Gasteiger partial charge in [-0.3, -0.25) is 4.68 Å². The molecule has 1 unspecified atom stereocenters. The number of hydrogen-bond donors (Lipinski definition) is 1. The quantitative estimate of drug-likeness (QED) is 0.871. The van der Waals surface area contributed by atoms with Crippen molar-refractivity contribution in [2.24, 2.45) is 7.05 Å². The molecule has 0 saturated carbocycles. The summed E-state index contributed by atoms with van der Waals surface area (Å²) in [6.45, 7) is 3.02. The number of halogens is 2. The number of rotatable bonds is 6. The second-order valence-corrected chi connectivity index (χ2v) is 5.72. The third-order valence-electron chi connectivity index (χ3n) is 3.17. The molecule has 0 radical (unpaired) electrons. The first-order chi connectivity index (χ1) is 9.60. The van der Waals surface area contributed by atoms with E-state index in [1.807, 2.05) is 25.4 Å². The Morgan fingerprint density at radius 1 is 1.40 bits per heavy atom. The molecule has 1 aromatic carbocycles. The molecule has 0 amide bonds. The number of aromatic nitrogens is 2. The van der Waals surface area contributed by atoms with Crippen LogP contribution in [0.15, 0.2) is 34.9 Å². The van der Waals surface area contributed by atoms with Crippen LogP contribution >= 0.6 is 15.9 Å². The number of benzene rings is 1. The number of nitrogens with zero attached hydrogens (tertiary/aromatic N) is 2. The van der Waals surface area contributed by atoms with E-state index in [-0.39, 0.29) is 11.9 Å². The third kappa shape index (κ3) is 3.90. The molecule has 5 heteroatoms. The van der Waals surface area contributed by atoms with E-state index in [0.717, 1.165) is 30.6 Å². The average Bonchev–Trinajstić information content (AvgIpc) is 2.83. The van der Waals surface area contributed by atoms with Crippen molar-refractivity contribution >= 4 is 15.9 Å². The highest BCUT2D eigenvalue weighted by Crippen LogP contribution is 2.23. The fourth-order valence-corrected chi connectivity index (χ4v) is 2.38. The molecule has 1 N–H and O–H groups in total. The summed E-state index contributed by atoms with van der Waals surface area (Å²) >= 11 is 3.19. The summed E-state index contributed by atoms with van der Waals surface area (Å²) in [7, 11) is 1.90. The second kappa shape index (κ2) is 6.99. The first-order valence-corrected chi connectivity index (χ1v) is 7.56. The van der Waals surface area contributed by atoms with Gasteiger partial charge in [0, 0.05) is 25.7 Å². The van der Waals surface area contributed by atoms with Gasteiger partial charge in [0.2, 0.25) is 0 Å². The van der Waals surface area contributed by atoms with Gasteiger partial charge in [0.05, 0.1) is 10.2 Å². The van der Waals surface area contributed by atoms with Crippen LogP contribution < -0.4 is 5.32 Å². The van der Waals surface area contributed by atoms with E-state index in [9.17, 15) is 4.39 Å². The molecule has 1 atom stereocenters. The van der Waals surface area contributed by atoms with Gasteiger partial charge >= 0.3 is 0 Å². The van der Waals surface area contributed by atoms with Crippen molar-refractivity contribution in [1.29, 1.82) is 0 Å². The minimum absolute atomic E-state index is 0.0763. The Balaban J connectivity index is 2.19. The average molecular weight is 340 g/mol. The van der Waals surface area contributed by atoms with Gasteiger partial charge in [-0.05, 0) is 52.7 Å². The summed E-state index contributed by atoms with van der Waals surface area (Å²) in [5.41, 5.74) is 1.95. The number of nitrogens with one attached hydrogen (secondary N) is 1. The normalized spacial score (nSPS) is 12.6. The molecule has 1 heterocycles. The molecule has 2 aromatic rings. The fraction of sp³-hybridized carbons (Fsp3) is 0.400. The zero-order valence-corrected chi connectivity index (χ0v) is 13.3. The van der Waals surface area contributed by atoms with Crippen LogP contribution in [0.5, 0.6) is 0 Å². The molecular weight excluding hydrogens is 321 g/mol. The van der Waals surface area contributed by atoms with E-state index in [0.29, 0.717) is 4.47 Å².